The van der Waals surface area contributed by atoms with Gasteiger partial charge in [0.25, 0.3) is 0 Å². The topological polar surface area (TPSA) is 41.0 Å². The van der Waals surface area contributed by atoms with E-state index in [2.05, 4.69) is 34.4 Å². The maximum atomic E-state index is 4.17. The van der Waals surface area contributed by atoms with Crippen molar-refractivity contribution < 1.29 is 0 Å². The van der Waals surface area contributed by atoms with Crippen molar-refractivity contribution in [1.29, 1.82) is 0 Å². The SMILES string of the molecule is CCNC1CCC(N(C)c2cccnn2)CC1. The van der Waals surface area contributed by atoms with Crippen LogP contribution in [0.3, 0.4) is 0 Å². The van der Waals surface area contributed by atoms with Crippen molar-refractivity contribution in [2.75, 3.05) is 18.5 Å². The van der Waals surface area contributed by atoms with Gasteiger partial charge in [0.1, 0.15) is 0 Å². The number of nitrogens with zero attached hydrogens (tertiary/aromatic N) is 3. The first-order chi connectivity index (χ1) is 8.31. The molecule has 1 aromatic heterocycles. The second-order valence-corrected chi connectivity index (χ2v) is 4.76. The van der Waals surface area contributed by atoms with Crippen LogP contribution >= 0.6 is 0 Å². The Balaban J connectivity index is 1.88. The van der Waals surface area contributed by atoms with Crippen LogP contribution in [0.5, 0.6) is 0 Å². The van der Waals surface area contributed by atoms with Crippen LogP contribution in [0.2, 0.25) is 0 Å². The molecule has 0 saturated heterocycles. The standard InChI is InChI=1S/C13H22N4/c1-3-14-11-6-8-12(9-7-11)17(2)13-5-4-10-15-16-13/h4-5,10-12,14H,3,6-9H2,1-2H3. The molecule has 1 saturated carbocycles. The molecule has 1 fully saturated rings. The second-order valence-electron chi connectivity index (χ2n) is 4.76. The van der Waals surface area contributed by atoms with Crippen molar-refractivity contribution in [1.82, 2.24) is 15.5 Å². The Labute approximate surface area is 103 Å². The van der Waals surface area contributed by atoms with Crippen LogP contribution in [0.15, 0.2) is 18.3 Å². The van der Waals surface area contributed by atoms with Gasteiger partial charge in [-0.3, -0.25) is 0 Å². The van der Waals surface area contributed by atoms with E-state index in [1.807, 2.05) is 12.1 Å². The Hall–Kier alpha value is -1.16. The molecule has 1 aromatic rings. The fourth-order valence-electron chi connectivity index (χ4n) is 2.62. The minimum absolute atomic E-state index is 0.613. The molecular formula is C13H22N4. The molecule has 0 bridgehead atoms. The Bertz CT molecular complexity index is 319. The van der Waals surface area contributed by atoms with Crippen molar-refractivity contribution in [2.24, 2.45) is 0 Å². The lowest BCUT2D eigenvalue weighted by Gasteiger charge is -2.35. The third kappa shape index (κ3) is 3.16. The average molecular weight is 234 g/mol. The zero-order valence-corrected chi connectivity index (χ0v) is 10.8. The van der Waals surface area contributed by atoms with Crippen molar-refractivity contribution >= 4 is 5.82 Å². The lowest BCUT2D eigenvalue weighted by molar-refractivity contribution is 0.340. The first-order valence-corrected chi connectivity index (χ1v) is 6.55. The molecule has 4 nitrogen and oxygen atoms in total. The molecule has 0 unspecified atom stereocenters. The molecule has 0 aliphatic heterocycles. The highest BCUT2D eigenvalue weighted by Gasteiger charge is 2.24. The highest BCUT2D eigenvalue weighted by molar-refractivity contribution is 5.36. The molecule has 0 atom stereocenters. The van der Waals surface area contributed by atoms with Gasteiger partial charge in [-0.2, -0.15) is 5.10 Å². The minimum Gasteiger partial charge on any atom is -0.355 e. The van der Waals surface area contributed by atoms with E-state index in [0.29, 0.717) is 12.1 Å². The third-order valence-electron chi connectivity index (χ3n) is 3.66. The summed E-state index contributed by atoms with van der Waals surface area (Å²) in [5.74, 6) is 0.986. The van der Waals surface area contributed by atoms with E-state index in [-0.39, 0.29) is 0 Å². The summed E-state index contributed by atoms with van der Waals surface area (Å²) in [4.78, 5) is 2.27. The van der Waals surface area contributed by atoms with E-state index < -0.39 is 0 Å². The van der Waals surface area contributed by atoms with Crippen LogP contribution in [-0.4, -0.2) is 35.9 Å². The molecule has 1 N–H and O–H groups in total. The molecule has 2 rings (SSSR count). The first kappa shape index (κ1) is 12.3. The van der Waals surface area contributed by atoms with Crippen molar-refractivity contribution in [2.45, 2.75) is 44.7 Å². The van der Waals surface area contributed by atoms with Crippen LogP contribution in [0.25, 0.3) is 0 Å². The molecule has 0 amide bonds. The maximum Gasteiger partial charge on any atom is 0.151 e. The summed E-state index contributed by atoms with van der Waals surface area (Å²) < 4.78 is 0. The third-order valence-corrected chi connectivity index (χ3v) is 3.66. The lowest BCUT2D eigenvalue weighted by Crippen LogP contribution is -2.41. The predicted octanol–water partition coefficient (Wildman–Crippen LogP) is 1.83. The Morgan fingerprint density at radius 1 is 1.35 bits per heavy atom. The van der Waals surface area contributed by atoms with Gasteiger partial charge < -0.3 is 10.2 Å². The van der Waals surface area contributed by atoms with Crippen molar-refractivity contribution in [3.05, 3.63) is 18.3 Å². The van der Waals surface area contributed by atoms with Gasteiger partial charge in [-0.05, 0) is 44.4 Å². The van der Waals surface area contributed by atoms with E-state index in [0.717, 1.165) is 12.4 Å². The smallest absolute Gasteiger partial charge is 0.151 e. The summed E-state index contributed by atoms with van der Waals surface area (Å²) in [6.07, 6.45) is 6.74. The van der Waals surface area contributed by atoms with Gasteiger partial charge in [0, 0.05) is 25.3 Å². The lowest BCUT2D eigenvalue weighted by atomic mass is 9.90. The Morgan fingerprint density at radius 2 is 2.12 bits per heavy atom. The van der Waals surface area contributed by atoms with Gasteiger partial charge in [0.15, 0.2) is 5.82 Å². The van der Waals surface area contributed by atoms with Gasteiger partial charge >= 0.3 is 0 Å². The van der Waals surface area contributed by atoms with Gasteiger partial charge in [-0.1, -0.05) is 6.92 Å². The number of aromatic nitrogens is 2. The second kappa shape index (κ2) is 5.96. The Morgan fingerprint density at radius 3 is 2.71 bits per heavy atom. The number of hydrogen-bond donors (Lipinski definition) is 1. The van der Waals surface area contributed by atoms with E-state index in [1.165, 1.54) is 25.7 Å². The molecule has 0 spiro atoms. The molecule has 94 valence electrons. The number of anilines is 1. The molecule has 0 aromatic carbocycles. The fraction of sp³-hybridized carbons (Fsp3) is 0.692. The van der Waals surface area contributed by atoms with E-state index in [9.17, 15) is 0 Å². The molecule has 4 heteroatoms. The number of hydrogen-bond acceptors (Lipinski definition) is 4. The molecule has 1 aliphatic rings. The molecule has 17 heavy (non-hydrogen) atoms. The molecule has 1 aliphatic carbocycles. The van der Waals surface area contributed by atoms with Gasteiger partial charge in [0.2, 0.25) is 0 Å². The summed E-state index contributed by atoms with van der Waals surface area (Å²) in [6, 6.07) is 5.31. The highest BCUT2D eigenvalue weighted by atomic mass is 15.3. The van der Waals surface area contributed by atoms with Crippen molar-refractivity contribution in [3.63, 3.8) is 0 Å². The van der Waals surface area contributed by atoms with Crippen LogP contribution in [-0.2, 0) is 0 Å². The van der Waals surface area contributed by atoms with Crippen LogP contribution in [0.1, 0.15) is 32.6 Å². The molecular weight excluding hydrogens is 212 g/mol. The summed E-state index contributed by atoms with van der Waals surface area (Å²) in [5, 5.41) is 11.6. The molecule has 0 radical (unpaired) electrons. The molecule has 1 heterocycles. The summed E-state index contributed by atoms with van der Waals surface area (Å²) in [6.45, 7) is 3.26. The first-order valence-electron chi connectivity index (χ1n) is 6.55. The maximum absolute atomic E-state index is 4.17. The van der Waals surface area contributed by atoms with Crippen molar-refractivity contribution in [3.8, 4) is 0 Å². The van der Waals surface area contributed by atoms with Gasteiger partial charge in [-0.15, -0.1) is 5.10 Å². The zero-order chi connectivity index (χ0) is 12.1. The van der Waals surface area contributed by atoms with E-state index >= 15 is 0 Å². The van der Waals surface area contributed by atoms with Crippen LogP contribution in [0, 0.1) is 0 Å². The quantitative estimate of drug-likeness (QED) is 0.863. The summed E-state index contributed by atoms with van der Waals surface area (Å²) in [7, 11) is 2.13. The van der Waals surface area contributed by atoms with Gasteiger partial charge in [-0.25, -0.2) is 0 Å². The normalized spacial score (nSPS) is 24.6. The van der Waals surface area contributed by atoms with Gasteiger partial charge in [0.05, 0.1) is 0 Å². The largest absolute Gasteiger partial charge is 0.355 e. The minimum atomic E-state index is 0.613. The highest BCUT2D eigenvalue weighted by Crippen LogP contribution is 2.24. The van der Waals surface area contributed by atoms with E-state index in [4.69, 9.17) is 0 Å². The Kier molecular flexibility index (Phi) is 4.31. The van der Waals surface area contributed by atoms with Crippen LogP contribution < -0.4 is 10.2 Å². The zero-order valence-electron chi connectivity index (χ0n) is 10.8. The van der Waals surface area contributed by atoms with E-state index in [1.54, 1.807) is 6.20 Å². The predicted molar refractivity (Wildman–Crippen MR) is 70.2 cm³/mol. The number of nitrogens with one attached hydrogen (secondary N) is 1. The van der Waals surface area contributed by atoms with Crippen LogP contribution in [0.4, 0.5) is 5.82 Å². The number of rotatable bonds is 4. The average Bonchev–Trinajstić information content (AvgIpc) is 2.40. The summed E-state index contributed by atoms with van der Waals surface area (Å²) >= 11 is 0. The monoisotopic (exact) mass is 234 g/mol. The fourth-order valence-corrected chi connectivity index (χ4v) is 2.62. The summed E-state index contributed by atoms with van der Waals surface area (Å²) in [5.41, 5.74) is 0.